The lowest BCUT2D eigenvalue weighted by Crippen LogP contribution is -2.48. The highest BCUT2D eigenvalue weighted by molar-refractivity contribution is 7.07. The van der Waals surface area contributed by atoms with E-state index < -0.39 is 0 Å². The Morgan fingerprint density at radius 1 is 1.63 bits per heavy atom. The molecule has 1 amide bonds. The van der Waals surface area contributed by atoms with Gasteiger partial charge in [-0.05, 0) is 29.3 Å². The van der Waals surface area contributed by atoms with Gasteiger partial charge in [-0.2, -0.15) is 11.3 Å². The first-order valence-corrected chi connectivity index (χ1v) is 7.22. The normalized spacial score (nSPS) is 24.7. The van der Waals surface area contributed by atoms with Gasteiger partial charge in [-0.1, -0.05) is 6.92 Å². The van der Waals surface area contributed by atoms with E-state index in [0.29, 0.717) is 19.6 Å². The fraction of sp³-hybridized carbons (Fsp3) is 0.615. The van der Waals surface area contributed by atoms with E-state index in [9.17, 15) is 4.79 Å². The Balaban J connectivity index is 0.00000180. The molecule has 108 valence electrons. The molecule has 0 bridgehead atoms. The molecule has 2 heterocycles. The summed E-state index contributed by atoms with van der Waals surface area (Å²) in [6.07, 6.45) is 0.0616. The highest BCUT2D eigenvalue weighted by atomic mass is 35.5. The minimum absolute atomic E-state index is 0. The van der Waals surface area contributed by atoms with E-state index in [1.54, 1.807) is 11.3 Å². The van der Waals surface area contributed by atoms with Crippen molar-refractivity contribution in [3.8, 4) is 0 Å². The molecule has 3 atom stereocenters. The van der Waals surface area contributed by atoms with Crippen molar-refractivity contribution in [2.75, 3.05) is 19.6 Å². The number of hydrogen-bond acceptors (Lipinski definition) is 4. The molecule has 1 aromatic heterocycles. The highest BCUT2D eigenvalue weighted by Gasteiger charge is 2.31. The average molecular weight is 305 g/mol. The molecule has 1 fully saturated rings. The topological polar surface area (TPSA) is 55.6 Å². The van der Waals surface area contributed by atoms with Gasteiger partial charge in [0.2, 0.25) is 5.91 Å². The van der Waals surface area contributed by atoms with Gasteiger partial charge in [-0.3, -0.25) is 4.79 Å². The highest BCUT2D eigenvalue weighted by Crippen LogP contribution is 2.27. The fourth-order valence-electron chi connectivity index (χ4n) is 2.19. The summed E-state index contributed by atoms with van der Waals surface area (Å²) in [5.74, 6) is 0.0197. The van der Waals surface area contributed by atoms with E-state index >= 15 is 0 Å². The maximum atomic E-state index is 12.2. The van der Waals surface area contributed by atoms with Crippen molar-refractivity contribution in [3.05, 3.63) is 22.4 Å². The lowest BCUT2D eigenvalue weighted by atomic mass is 10.1. The molecule has 19 heavy (non-hydrogen) atoms. The van der Waals surface area contributed by atoms with Crippen molar-refractivity contribution in [1.82, 2.24) is 4.90 Å². The minimum atomic E-state index is -0.113. The molecule has 1 aliphatic heterocycles. The van der Waals surface area contributed by atoms with E-state index in [-0.39, 0.29) is 36.4 Å². The summed E-state index contributed by atoms with van der Waals surface area (Å²) in [6, 6.07) is 2.06. The maximum Gasteiger partial charge on any atom is 0.226 e. The number of nitrogens with zero attached hydrogens (tertiary/aromatic N) is 1. The van der Waals surface area contributed by atoms with Gasteiger partial charge in [-0.15, -0.1) is 12.4 Å². The van der Waals surface area contributed by atoms with Crippen LogP contribution in [0.1, 0.15) is 25.5 Å². The van der Waals surface area contributed by atoms with Crippen LogP contribution in [0.15, 0.2) is 16.8 Å². The van der Waals surface area contributed by atoms with Gasteiger partial charge in [0.15, 0.2) is 0 Å². The number of halogens is 1. The van der Waals surface area contributed by atoms with E-state index in [4.69, 9.17) is 10.5 Å². The van der Waals surface area contributed by atoms with Gasteiger partial charge in [-0.25, -0.2) is 0 Å². The molecule has 0 aliphatic carbocycles. The molecule has 1 aromatic rings. The van der Waals surface area contributed by atoms with Crippen LogP contribution >= 0.6 is 23.7 Å². The molecule has 6 heteroatoms. The minimum Gasteiger partial charge on any atom is -0.367 e. The molecule has 2 rings (SSSR count). The van der Waals surface area contributed by atoms with Crippen LogP contribution in [-0.2, 0) is 9.53 Å². The summed E-state index contributed by atoms with van der Waals surface area (Å²) in [6.45, 7) is 5.57. The Kier molecular flexibility index (Phi) is 6.26. The second-order valence-corrected chi connectivity index (χ2v) is 5.65. The summed E-state index contributed by atoms with van der Waals surface area (Å²) < 4.78 is 5.91. The second kappa shape index (κ2) is 7.24. The SMILES string of the molecule is CC1CN(C(=O)C(C)CN)CC(c2ccsc2)O1.Cl. The largest absolute Gasteiger partial charge is 0.367 e. The first-order valence-electron chi connectivity index (χ1n) is 6.28. The lowest BCUT2D eigenvalue weighted by Gasteiger charge is -2.37. The first kappa shape index (κ1) is 16.4. The fourth-order valence-corrected chi connectivity index (χ4v) is 2.89. The Morgan fingerprint density at radius 2 is 2.37 bits per heavy atom. The zero-order valence-corrected chi connectivity index (χ0v) is 12.9. The molecule has 1 saturated heterocycles. The number of amides is 1. The third-order valence-electron chi connectivity index (χ3n) is 3.26. The maximum absolute atomic E-state index is 12.2. The summed E-state index contributed by atoms with van der Waals surface area (Å²) in [5, 5.41) is 4.12. The predicted octanol–water partition coefficient (Wildman–Crippen LogP) is 2.05. The standard InChI is InChI=1S/C13H20N2O2S.ClH/c1-9(5-14)13(16)15-6-10(2)17-12(7-15)11-3-4-18-8-11;/h3-4,8-10,12H,5-7,14H2,1-2H3;1H. The van der Waals surface area contributed by atoms with Crippen LogP contribution < -0.4 is 5.73 Å². The van der Waals surface area contributed by atoms with Gasteiger partial charge >= 0.3 is 0 Å². The van der Waals surface area contributed by atoms with Crippen molar-refractivity contribution in [2.24, 2.45) is 11.7 Å². The zero-order chi connectivity index (χ0) is 13.1. The van der Waals surface area contributed by atoms with Crippen molar-refractivity contribution >= 4 is 29.7 Å². The quantitative estimate of drug-likeness (QED) is 0.930. The third-order valence-corrected chi connectivity index (χ3v) is 3.96. The number of ether oxygens (including phenoxy) is 1. The van der Waals surface area contributed by atoms with Gasteiger partial charge < -0.3 is 15.4 Å². The van der Waals surface area contributed by atoms with Crippen LogP contribution in [0.2, 0.25) is 0 Å². The van der Waals surface area contributed by atoms with Crippen LogP contribution in [0.4, 0.5) is 0 Å². The van der Waals surface area contributed by atoms with Gasteiger partial charge in [0.1, 0.15) is 6.10 Å². The van der Waals surface area contributed by atoms with Gasteiger partial charge in [0, 0.05) is 19.0 Å². The van der Waals surface area contributed by atoms with Crippen molar-refractivity contribution in [1.29, 1.82) is 0 Å². The zero-order valence-electron chi connectivity index (χ0n) is 11.2. The van der Waals surface area contributed by atoms with Crippen LogP contribution in [0.5, 0.6) is 0 Å². The first-order chi connectivity index (χ1) is 8.61. The molecule has 2 N–H and O–H groups in total. The number of morpholine rings is 1. The monoisotopic (exact) mass is 304 g/mol. The van der Waals surface area contributed by atoms with E-state index in [1.807, 2.05) is 24.1 Å². The lowest BCUT2D eigenvalue weighted by molar-refractivity contribution is -0.148. The molecule has 1 aliphatic rings. The Bertz CT molecular complexity index is 399. The number of carbonyl (C=O) groups is 1. The van der Waals surface area contributed by atoms with Gasteiger partial charge in [0.25, 0.3) is 0 Å². The Morgan fingerprint density at radius 3 is 2.95 bits per heavy atom. The van der Waals surface area contributed by atoms with Crippen LogP contribution in [0.3, 0.4) is 0 Å². The molecule has 0 aromatic carbocycles. The Labute approximate surface area is 124 Å². The summed E-state index contributed by atoms with van der Waals surface area (Å²) in [4.78, 5) is 14.1. The molecular formula is C13H21ClN2O2S. The number of thiophene rings is 1. The molecule has 0 spiro atoms. The van der Waals surface area contributed by atoms with Crippen LogP contribution in [-0.4, -0.2) is 36.5 Å². The second-order valence-electron chi connectivity index (χ2n) is 4.87. The van der Waals surface area contributed by atoms with Crippen LogP contribution in [0.25, 0.3) is 0 Å². The number of hydrogen-bond donors (Lipinski definition) is 1. The summed E-state index contributed by atoms with van der Waals surface area (Å²) in [5.41, 5.74) is 6.72. The summed E-state index contributed by atoms with van der Waals surface area (Å²) >= 11 is 1.65. The van der Waals surface area contributed by atoms with Crippen molar-refractivity contribution in [3.63, 3.8) is 0 Å². The average Bonchev–Trinajstić information content (AvgIpc) is 2.90. The number of carbonyl (C=O) groups excluding carboxylic acids is 1. The van der Waals surface area contributed by atoms with E-state index in [0.717, 1.165) is 5.56 Å². The molecular weight excluding hydrogens is 284 g/mol. The number of nitrogens with two attached hydrogens (primary N) is 1. The number of rotatable bonds is 3. The third kappa shape index (κ3) is 3.92. The van der Waals surface area contributed by atoms with Gasteiger partial charge in [0.05, 0.1) is 12.6 Å². The van der Waals surface area contributed by atoms with Crippen LogP contribution in [0, 0.1) is 5.92 Å². The Hall–Kier alpha value is -0.620. The van der Waals surface area contributed by atoms with Crippen molar-refractivity contribution < 1.29 is 9.53 Å². The molecule has 0 saturated carbocycles. The van der Waals surface area contributed by atoms with Crippen molar-refractivity contribution in [2.45, 2.75) is 26.1 Å². The summed E-state index contributed by atoms with van der Waals surface area (Å²) in [7, 11) is 0. The smallest absolute Gasteiger partial charge is 0.226 e. The molecule has 3 unspecified atom stereocenters. The van der Waals surface area contributed by atoms with E-state index in [1.165, 1.54) is 0 Å². The molecule has 0 radical (unpaired) electrons. The molecule has 4 nitrogen and oxygen atoms in total. The predicted molar refractivity (Wildman–Crippen MR) is 79.7 cm³/mol. The van der Waals surface area contributed by atoms with E-state index in [2.05, 4.69) is 11.4 Å².